The molecule has 3 aromatic rings. The van der Waals surface area contributed by atoms with E-state index >= 15 is 0 Å². The molecule has 0 radical (unpaired) electrons. The van der Waals surface area contributed by atoms with Crippen molar-refractivity contribution in [2.75, 3.05) is 13.2 Å². The van der Waals surface area contributed by atoms with Gasteiger partial charge in [0.1, 0.15) is 11.6 Å². The number of rotatable bonds is 15. The normalized spacial score (nSPS) is 11.1. The molecule has 5 nitrogen and oxygen atoms in total. The number of nitrogens with one attached hydrogen (secondary N) is 1. The second-order valence-corrected chi connectivity index (χ2v) is 9.30. The second-order valence-electron chi connectivity index (χ2n) is 9.30. The number of aromatic nitrogens is 2. The highest BCUT2D eigenvalue weighted by Gasteiger charge is 2.11. The first kappa shape index (κ1) is 25.8. The number of nitrogens with zero attached hydrogens (tertiary/aromatic N) is 2. The van der Waals surface area contributed by atoms with Gasteiger partial charge in [0.05, 0.1) is 11.0 Å². The molecule has 0 unspecified atom stereocenters. The van der Waals surface area contributed by atoms with Crippen LogP contribution in [0, 0.1) is 13.8 Å². The van der Waals surface area contributed by atoms with Crippen molar-refractivity contribution in [1.29, 1.82) is 0 Å². The van der Waals surface area contributed by atoms with Crippen molar-refractivity contribution < 1.29 is 9.53 Å². The maximum atomic E-state index is 12.3. The molecule has 34 heavy (non-hydrogen) atoms. The van der Waals surface area contributed by atoms with E-state index in [9.17, 15) is 4.79 Å². The molecule has 184 valence electrons. The number of fused-ring (bicyclic) bond motifs is 1. The molecule has 0 spiro atoms. The van der Waals surface area contributed by atoms with E-state index < -0.39 is 0 Å². The van der Waals surface area contributed by atoms with Crippen molar-refractivity contribution in [3.05, 3.63) is 59.4 Å². The fourth-order valence-corrected chi connectivity index (χ4v) is 4.34. The van der Waals surface area contributed by atoms with Gasteiger partial charge in [-0.05, 0) is 49.6 Å². The first-order valence-electron chi connectivity index (χ1n) is 13.0. The fourth-order valence-electron chi connectivity index (χ4n) is 4.34. The average Bonchev–Trinajstić information content (AvgIpc) is 3.18. The third kappa shape index (κ3) is 7.89. The minimum atomic E-state index is -0.105. The zero-order valence-corrected chi connectivity index (χ0v) is 21.2. The topological polar surface area (TPSA) is 56.2 Å². The van der Waals surface area contributed by atoms with Crippen molar-refractivity contribution in [2.24, 2.45) is 0 Å². The lowest BCUT2D eigenvalue weighted by atomic mass is 10.1. The summed E-state index contributed by atoms with van der Waals surface area (Å²) in [6.07, 6.45) is 11.2. The Bertz CT molecular complexity index is 1040. The number of ether oxygens (including phenoxy) is 1. The molecule has 0 saturated heterocycles. The maximum Gasteiger partial charge on any atom is 0.257 e. The van der Waals surface area contributed by atoms with Gasteiger partial charge in [-0.25, -0.2) is 4.98 Å². The minimum Gasteiger partial charge on any atom is -0.483 e. The van der Waals surface area contributed by atoms with E-state index in [0.29, 0.717) is 13.0 Å². The molecule has 0 fully saturated rings. The fraction of sp³-hybridized carbons (Fsp3) is 0.517. The third-order valence-corrected chi connectivity index (χ3v) is 6.34. The van der Waals surface area contributed by atoms with Crippen molar-refractivity contribution in [1.82, 2.24) is 14.9 Å². The monoisotopic (exact) mass is 463 g/mol. The molecule has 3 rings (SSSR count). The van der Waals surface area contributed by atoms with Crippen molar-refractivity contribution in [3.63, 3.8) is 0 Å². The third-order valence-electron chi connectivity index (χ3n) is 6.34. The first-order chi connectivity index (χ1) is 16.6. The number of amides is 1. The van der Waals surface area contributed by atoms with Crippen LogP contribution < -0.4 is 10.1 Å². The van der Waals surface area contributed by atoms with E-state index in [1.807, 2.05) is 38.1 Å². The summed E-state index contributed by atoms with van der Waals surface area (Å²) in [6.45, 7) is 7.83. The standard InChI is InChI=1S/C29H41N3O2/c1-4-5-6-7-8-9-10-13-20-32-26-15-12-11-14-25(26)31-28(32)18-19-30-29(33)22-34-27-21-23(2)16-17-24(27)3/h11-12,14-17,21H,4-10,13,18-20,22H2,1-3H3,(H,30,33). The predicted octanol–water partition coefficient (Wildman–Crippen LogP) is 6.53. The first-order valence-corrected chi connectivity index (χ1v) is 13.0. The predicted molar refractivity (Wildman–Crippen MR) is 140 cm³/mol. The number of para-hydroxylation sites is 2. The average molecular weight is 464 g/mol. The highest BCUT2D eigenvalue weighted by Crippen LogP contribution is 2.20. The summed E-state index contributed by atoms with van der Waals surface area (Å²) in [5, 5.41) is 2.99. The number of aryl methyl sites for hydroxylation is 3. The Morgan fingerprint density at radius 2 is 1.71 bits per heavy atom. The summed E-state index contributed by atoms with van der Waals surface area (Å²) in [4.78, 5) is 17.2. The Labute approximate surface area is 204 Å². The van der Waals surface area contributed by atoms with Crippen molar-refractivity contribution >= 4 is 16.9 Å². The molecule has 0 aliphatic rings. The van der Waals surface area contributed by atoms with Crippen molar-refractivity contribution in [3.8, 4) is 5.75 Å². The summed E-state index contributed by atoms with van der Waals surface area (Å²) in [7, 11) is 0. The van der Waals surface area contributed by atoms with E-state index in [2.05, 4.69) is 35.0 Å². The summed E-state index contributed by atoms with van der Waals surface area (Å²) in [5.41, 5.74) is 4.37. The van der Waals surface area contributed by atoms with Crippen LogP contribution in [-0.2, 0) is 17.8 Å². The zero-order valence-electron chi connectivity index (χ0n) is 21.2. The number of unbranched alkanes of at least 4 members (excludes halogenated alkanes) is 7. The molecular weight excluding hydrogens is 422 g/mol. The number of hydrogen-bond donors (Lipinski definition) is 1. The van der Waals surface area contributed by atoms with Crippen LogP contribution in [0.4, 0.5) is 0 Å². The van der Waals surface area contributed by atoms with Gasteiger partial charge >= 0.3 is 0 Å². The summed E-state index contributed by atoms with van der Waals surface area (Å²) in [6, 6.07) is 14.3. The van der Waals surface area contributed by atoms with Crippen LogP contribution in [-0.4, -0.2) is 28.6 Å². The van der Waals surface area contributed by atoms with Gasteiger partial charge in [-0.15, -0.1) is 0 Å². The molecule has 1 aromatic heterocycles. The number of carbonyl (C=O) groups excluding carboxylic acids is 1. The van der Waals surface area contributed by atoms with Crippen LogP contribution >= 0.6 is 0 Å². The van der Waals surface area contributed by atoms with E-state index in [0.717, 1.165) is 41.2 Å². The largest absolute Gasteiger partial charge is 0.483 e. The summed E-state index contributed by atoms with van der Waals surface area (Å²) in [5.74, 6) is 1.70. The molecule has 1 N–H and O–H groups in total. The van der Waals surface area contributed by atoms with E-state index in [-0.39, 0.29) is 12.5 Å². The molecule has 0 bridgehead atoms. The molecule has 1 heterocycles. The van der Waals surface area contributed by atoms with E-state index in [1.165, 1.54) is 50.5 Å². The van der Waals surface area contributed by atoms with Gasteiger partial charge in [0.2, 0.25) is 0 Å². The summed E-state index contributed by atoms with van der Waals surface area (Å²) >= 11 is 0. The molecule has 0 aliphatic heterocycles. The Balaban J connectivity index is 1.47. The van der Waals surface area contributed by atoms with E-state index in [4.69, 9.17) is 9.72 Å². The van der Waals surface area contributed by atoms with Crippen LogP contribution in [0.3, 0.4) is 0 Å². The molecule has 1 amide bonds. The van der Waals surface area contributed by atoms with Gasteiger partial charge < -0.3 is 14.6 Å². The van der Waals surface area contributed by atoms with E-state index in [1.54, 1.807) is 0 Å². The molecule has 0 saturated carbocycles. The molecular formula is C29H41N3O2. The van der Waals surface area contributed by atoms with Gasteiger partial charge in [0.25, 0.3) is 5.91 Å². The van der Waals surface area contributed by atoms with Crippen LogP contribution in [0.1, 0.15) is 75.2 Å². The zero-order chi connectivity index (χ0) is 24.2. The van der Waals surface area contributed by atoms with Gasteiger partial charge in [0, 0.05) is 19.5 Å². The lowest BCUT2D eigenvalue weighted by Crippen LogP contribution is -2.31. The second kappa shape index (κ2) is 13.8. The smallest absolute Gasteiger partial charge is 0.257 e. The number of carbonyl (C=O) groups is 1. The lowest BCUT2D eigenvalue weighted by Gasteiger charge is -2.11. The molecule has 5 heteroatoms. The summed E-state index contributed by atoms with van der Waals surface area (Å²) < 4.78 is 8.07. The van der Waals surface area contributed by atoms with Crippen LogP contribution in [0.15, 0.2) is 42.5 Å². The lowest BCUT2D eigenvalue weighted by molar-refractivity contribution is -0.123. The van der Waals surface area contributed by atoms with Gasteiger partial charge in [-0.3, -0.25) is 4.79 Å². The molecule has 2 aromatic carbocycles. The molecule has 0 aliphatic carbocycles. The maximum absolute atomic E-state index is 12.3. The van der Waals surface area contributed by atoms with Gasteiger partial charge in [0.15, 0.2) is 6.61 Å². The van der Waals surface area contributed by atoms with Crippen LogP contribution in [0.25, 0.3) is 11.0 Å². The Hall–Kier alpha value is -2.82. The SMILES string of the molecule is CCCCCCCCCCn1c(CCNC(=O)COc2cc(C)ccc2C)nc2ccccc21. The Morgan fingerprint density at radius 1 is 0.971 bits per heavy atom. The van der Waals surface area contributed by atoms with Gasteiger partial charge in [-0.1, -0.05) is 76.1 Å². The Morgan fingerprint density at radius 3 is 2.50 bits per heavy atom. The Kier molecular flexibility index (Phi) is 10.5. The van der Waals surface area contributed by atoms with Gasteiger partial charge in [-0.2, -0.15) is 0 Å². The van der Waals surface area contributed by atoms with Crippen LogP contribution in [0.5, 0.6) is 5.75 Å². The van der Waals surface area contributed by atoms with Crippen LogP contribution in [0.2, 0.25) is 0 Å². The molecule has 0 atom stereocenters. The highest BCUT2D eigenvalue weighted by molar-refractivity contribution is 5.78. The highest BCUT2D eigenvalue weighted by atomic mass is 16.5. The number of imidazole rings is 1. The minimum absolute atomic E-state index is 0.0268. The number of hydrogen-bond acceptors (Lipinski definition) is 3. The van der Waals surface area contributed by atoms with Crippen molar-refractivity contribution in [2.45, 2.75) is 85.1 Å². The number of benzene rings is 2. The quantitative estimate of drug-likeness (QED) is 0.261.